The highest BCUT2D eigenvalue weighted by molar-refractivity contribution is 7.22. The molecule has 3 heterocycles. The molecule has 0 unspecified atom stereocenters. The molecule has 2 aliphatic heterocycles. The van der Waals surface area contributed by atoms with Crippen molar-refractivity contribution in [1.29, 1.82) is 0 Å². The molecule has 2 aliphatic rings. The Hall–Kier alpha value is -4.08. The molecule has 0 spiro atoms. The van der Waals surface area contributed by atoms with Crippen LogP contribution in [0.2, 0.25) is 5.02 Å². The Balaban J connectivity index is 1.50. The predicted molar refractivity (Wildman–Crippen MR) is 172 cm³/mol. The predicted octanol–water partition coefficient (Wildman–Crippen LogP) is 7.72. The van der Waals surface area contributed by atoms with Gasteiger partial charge in [-0.2, -0.15) is 0 Å². The first-order valence-corrected chi connectivity index (χ1v) is 15.9. The summed E-state index contributed by atoms with van der Waals surface area (Å²) in [5.74, 6) is 0.420. The number of hydrogen-bond donors (Lipinski definition) is 1. The average molecular weight is 633 g/mol. The van der Waals surface area contributed by atoms with Crippen molar-refractivity contribution in [2.75, 3.05) is 18.1 Å². The molecule has 1 aromatic heterocycles. The van der Waals surface area contributed by atoms with Crippen LogP contribution in [-0.4, -0.2) is 41.1 Å². The van der Waals surface area contributed by atoms with Gasteiger partial charge in [-0.05, 0) is 85.8 Å². The lowest BCUT2D eigenvalue weighted by atomic mass is 9.94. The average Bonchev–Trinajstić information content (AvgIpc) is 3.65. The Morgan fingerprint density at radius 2 is 1.93 bits per heavy atom. The number of aliphatic hydroxyl groups excluding tert-OH is 1. The molecule has 1 saturated heterocycles. The largest absolute Gasteiger partial charge is 0.507 e. The maximum Gasteiger partial charge on any atom is 0.301 e. The van der Waals surface area contributed by atoms with E-state index in [-0.39, 0.29) is 17.4 Å². The van der Waals surface area contributed by atoms with Crippen LogP contribution in [0.3, 0.4) is 0 Å². The third-order valence-electron chi connectivity index (χ3n) is 7.70. The molecule has 3 aromatic carbocycles. The van der Waals surface area contributed by atoms with Gasteiger partial charge in [-0.15, -0.1) is 0 Å². The standard InChI is InChI=1S/C34H33ClN2O6S/c1-5-41-27-16-20(6-11-26(27)42-13-12-18(2)3)30-29(31(38)21-7-10-25-22(15-21)14-19(4)43-25)32(39)33(40)37(30)34-36-24-9-8-23(35)17-28(24)44-34/h6-11,15-19,30,38H,5,12-14H2,1-4H3/b31-29+/t19-,30+/m0/s1. The van der Waals surface area contributed by atoms with Gasteiger partial charge in [0, 0.05) is 17.0 Å². The zero-order valence-electron chi connectivity index (χ0n) is 24.9. The molecule has 228 valence electrons. The second-order valence-corrected chi connectivity index (χ2v) is 12.8. The summed E-state index contributed by atoms with van der Waals surface area (Å²) in [6.07, 6.45) is 1.57. The van der Waals surface area contributed by atoms with Gasteiger partial charge in [-0.25, -0.2) is 4.98 Å². The van der Waals surface area contributed by atoms with E-state index in [2.05, 4.69) is 18.8 Å². The normalized spacial score (nSPS) is 19.1. The van der Waals surface area contributed by atoms with Crippen molar-refractivity contribution >= 4 is 55.7 Å². The second-order valence-electron chi connectivity index (χ2n) is 11.4. The van der Waals surface area contributed by atoms with Crippen LogP contribution in [0, 0.1) is 5.92 Å². The molecule has 4 aromatic rings. The molecule has 0 saturated carbocycles. The molecular weight excluding hydrogens is 600 g/mol. The third-order valence-corrected chi connectivity index (χ3v) is 8.95. The SMILES string of the molecule is CCOc1cc([C@@H]2/C(=C(\O)c3ccc4c(c3)C[C@H](C)O4)C(=O)C(=O)N2c2nc3ccc(Cl)cc3s2)ccc1OCCC(C)C. The molecule has 0 radical (unpaired) electrons. The number of amides is 1. The topological polar surface area (TPSA) is 98.2 Å². The number of aromatic nitrogens is 1. The second kappa shape index (κ2) is 12.1. The van der Waals surface area contributed by atoms with Gasteiger partial charge in [0.15, 0.2) is 16.6 Å². The molecule has 44 heavy (non-hydrogen) atoms. The number of aliphatic hydroxyl groups is 1. The Kier molecular flexibility index (Phi) is 8.26. The van der Waals surface area contributed by atoms with Gasteiger partial charge in [0.25, 0.3) is 5.78 Å². The summed E-state index contributed by atoms with van der Waals surface area (Å²) in [5.41, 5.74) is 2.54. The number of hydrogen-bond acceptors (Lipinski definition) is 8. The summed E-state index contributed by atoms with van der Waals surface area (Å²) in [5, 5.41) is 12.6. The number of rotatable bonds is 9. The lowest BCUT2D eigenvalue weighted by Gasteiger charge is -2.24. The minimum absolute atomic E-state index is 0.0128. The van der Waals surface area contributed by atoms with Gasteiger partial charge in [-0.1, -0.05) is 42.9 Å². The summed E-state index contributed by atoms with van der Waals surface area (Å²) in [4.78, 5) is 33.6. The van der Waals surface area contributed by atoms with Crippen LogP contribution in [0.4, 0.5) is 5.13 Å². The van der Waals surface area contributed by atoms with Crippen molar-refractivity contribution in [3.05, 3.63) is 81.9 Å². The number of ether oxygens (including phenoxy) is 3. The maximum atomic E-state index is 13.8. The van der Waals surface area contributed by atoms with E-state index < -0.39 is 17.7 Å². The van der Waals surface area contributed by atoms with Crippen molar-refractivity contribution in [3.8, 4) is 17.2 Å². The van der Waals surface area contributed by atoms with Gasteiger partial charge >= 0.3 is 5.91 Å². The first-order valence-electron chi connectivity index (χ1n) is 14.7. The molecule has 2 atom stereocenters. The molecule has 1 N–H and O–H groups in total. The summed E-state index contributed by atoms with van der Waals surface area (Å²) >= 11 is 7.48. The monoisotopic (exact) mass is 632 g/mol. The molecule has 10 heteroatoms. The van der Waals surface area contributed by atoms with Gasteiger partial charge in [0.05, 0.1) is 35.0 Å². The zero-order valence-corrected chi connectivity index (χ0v) is 26.5. The molecule has 6 rings (SSSR count). The molecule has 0 aliphatic carbocycles. The fraction of sp³-hybridized carbons (Fsp3) is 0.324. The first kappa shape index (κ1) is 30.0. The van der Waals surface area contributed by atoms with Crippen LogP contribution in [0.25, 0.3) is 16.0 Å². The van der Waals surface area contributed by atoms with E-state index in [1.165, 1.54) is 16.2 Å². The van der Waals surface area contributed by atoms with E-state index >= 15 is 0 Å². The summed E-state index contributed by atoms with van der Waals surface area (Å²) in [7, 11) is 0. The molecule has 1 fully saturated rings. The molecule has 0 bridgehead atoms. The van der Waals surface area contributed by atoms with E-state index in [0.29, 0.717) is 63.8 Å². The fourth-order valence-electron chi connectivity index (χ4n) is 5.55. The number of ketones is 1. The highest BCUT2D eigenvalue weighted by atomic mass is 35.5. The van der Waals surface area contributed by atoms with Crippen molar-refractivity contribution in [2.45, 2.75) is 52.7 Å². The number of nitrogens with zero attached hydrogens (tertiary/aromatic N) is 2. The van der Waals surface area contributed by atoms with E-state index in [9.17, 15) is 14.7 Å². The number of benzene rings is 3. The quantitative estimate of drug-likeness (QED) is 0.115. The van der Waals surface area contributed by atoms with Crippen molar-refractivity contribution < 1.29 is 28.9 Å². The zero-order chi connectivity index (χ0) is 31.1. The fourth-order valence-corrected chi connectivity index (χ4v) is 6.81. The molecule has 1 amide bonds. The van der Waals surface area contributed by atoms with Crippen LogP contribution in [0.5, 0.6) is 17.2 Å². The smallest absolute Gasteiger partial charge is 0.301 e. The van der Waals surface area contributed by atoms with Gasteiger partial charge in [0.2, 0.25) is 0 Å². The Labute approximate surface area is 264 Å². The van der Waals surface area contributed by atoms with Gasteiger partial charge in [-0.3, -0.25) is 14.5 Å². The third kappa shape index (κ3) is 5.62. The van der Waals surface area contributed by atoms with Crippen molar-refractivity contribution in [3.63, 3.8) is 0 Å². The molecule has 8 nitrogen and oxygen atoms in total. The summed E-state index contributed by atoms with van der Waals surface area (Å²) in [6, 6.07) is 15.0. The van der Waals surface area contributed by atoms with E-state index in [1.54, 1.807) is 48.5 Å². The van der Waals surface area contributed by atoms with Gasteiger partial charge < -0.3 is 19.3 Å². The maximum absolute atomic E-state index is 13.8. The number of halogens is 1. The van der Waals surface area contributed by atoms with Crippen LogP contribution in [0.1, 0.15) is 56.8 Å². The molecular formula is C34H33ClN2O6S. The van der Waals surface area contributed by atoms with E-state index in [1.807, 2.05) is 19.9 Å². The van der Waals surface area contributed by atoms with E-state index in [0.717, 1.165) is 22.4 Å². The highest BCUT2D eigenvalue weighted by Crippen LogP contribution is 2.46. The summed E-state index contributed by atoms with van der Waals surface area (Å²) in [6.45, 7) is 9.01. The minimum atomic E-state index is -0.974. The number of thiazole rings is 1. The van der Waals surface area contributed by atoms with Crippen LogP contribution < -0.4 is 19.1 Å². The Bertz CT molecular complexity index is 1800. The van der Waals surface area contributed by atoms with Crippen LogP contribution in [-0.2, 0) is 16.0 Å². The number of anilines is 1. The lowest BCUT2D eigenvalue weighted by Crippen LogP contribution is -2.29. The van der Waals surface area contributed by atoms with Crippen molar-refractivity contribution in [1.82, 2.24) is 4.98 Å². The number of fused-ring (bicyclic) bond motifs is 2. The van der Waals surface area contributed by atoms with E-state index in [4.69, 9.17) is 25.8 Å². The van der Waals surface area contributed by atoms with Crippen LogP contribution in [0.15, 0.2) is 60.2 Å². The van der Waals surface area contributed by atoms with Crippen molar-refractivity contribution in [2.24, 2.45) is 5.92 Å². The highest BCUT2D eigenvalue weighted by Gasteiger charge is 2.48. The first-order chi connectivity index (χ1) is 21.1. The number of carbonyl (C=O) groups is 2. The van der Waals surface area contributed by atoms with Crippen LogP contribution >= 0.6 is 22.9 Å². The summed E-state index contributed by atoms with van der Waals surface area (Å²) < 4.78 is 18.6. The minimum Gasteiger partial charge on any atom is -0.507 e. The Morgan fingerprint density at radius 3 is 2.70 bits per heavy atom. The number of carbonyl (C=O) groups excluding carboxylic acids is 2. The van der Waals surface area contributed by atoms with Gasteiger partial charge in [0.1, 0.15) is 17.6 Å². The lowest BCUT2D eigenvalue weighted by molar-refractivity contribution is -0.132. The number of Topliss-reactive ketones (excluding diaryl/α,β-unsaturated/α-hetero) is 1. The Morgan fingerprint density at radius 1 is 1.11 bits per heavy atom.